The SMILES string of the molecule is CCCCN(C)CC(Cl)c1ccc(F)cc1. The minimum Gasteiger partial charge on any atom is -0.305 e. The van der Waals surface area contributed by atoms with Gasteiger partial charge in [-0.05, 0) is 37.7 Å². The lowest BCUT2D eigenvalue weighted by Crippen LogP contribution is -2.23. The van der Waals surface area contributed by atoms with Gasteiger partial charge in [-0.15, -0.1) is 11.6 Å². The summed E-state index contributed by atoms with van der Waals surface area (Å²) >= 11 is 6.27. The molecule has 0 saturated carbocycles. The molecule has 3 heteroatoms. The predicted molar refractivity (Wildman–Crippen MR) is 67.4 cm³/mol. The van der Waals surface area contributed by atoms with Crippen LogP contribution >= 0.6 is 11.6 Å². The van der Waals surface area contributed by atoms with Gasteiger partial charge in [0.1, 0.15) is 5.82 Å². The van der Waals surface area contributed by atoms with Crippen molar-refractivity contribution in [1.82, 2.24) is 4.90 Å². The van der Waals surface area contributed by atoms with Crippen molar-refractivity contribution in [3.8, 4) is 0 Å². The lowest BCUT2D eigenvalue weighted by atomic mass is 10.1. The molecular weight excluding hydrogens is 225 g/mol. The number of halogens is 2. The Morgan fingerprint density at radius 2 is 1.94 bits per heavy atom. The van der Waals surface area contributed by atoms with Crippen LogP contribution in [0.1, 0.15) is 30.7 Å². The summed E-state index contributed by atoms with van der Waals surface area (Å²) in [5, 5.41) is -0.0672. The average molecular weight is 244 g/mol. The highest BCUT2D eigenvalue weighted by Gasteiger charge is 2.10. The van der Waals surface area contributed by atoms with Crippen LogP contribution in [0.2, 0.25) is 0 Å². The van der Waals surface area contributed by atoms with E-state index in [9.17, 15) is 4.39 Å². The lowest BCUT2D eigenvalue weighted by Gasteiger charge is -2.19. The zero-order valence-electron chi connectivity index (χ0n) is 9.92. The van der Waals surface area contributed by atoms with Gasteiger partial charge in [0.05, 0.1) is 5.38 Å². The standard InChI is InChI=1S/C13H19ClFN/c1-3-4-9-16(2)10-13(14)11-5-7-12(15)8-6-11/h5-8,13H,3-4,9-10H2,1-2H3. The molecule has 1 rings (SSSR count). The molecule has 0 amide bonds. The molecule has 1 aromatic carbocycles. The van der Waals surface area contributed by atoms with Gasteiger partial charge in [-0.2, -0.15) is 0 Å². The zero-order valence-corrected chi connectivity index (χ0v) is 10.7. The Bertz CT molecular complexity index is 299. The molecule has 1 aromatic rings. The molecule has 0 aliphatic heterocycles. The monoisotopic (exact) mass is 243 g/mol. The van der Waals surface area contributed by atoms with Crippen molar-refractivity contribution in [2.75, 3.05) is 20.1 Å². The number of hydrogen-bond acceptors (Lipinski definition) is 1. The predicted octanol–water partition coefficient (Wildman–Crippen LogP) is 3.84. The first-order chi connectivity index (χ1) is 7.63. The number of unbranched alkanes of at least 4 members (excludes halogenated alkanes) is 1. The second kappa shape index (κ2) is 6.87. The van der Waals surface area contributed by atoms with Crippen molar-refractivity contribution in [2.45, 2.75) is 25.1 Å². The van der Waals surface area contributed by atoms with E-state index in [0.717, 1.165) is 18.7 Å². The Morgan fingerprint density at radius 3 is 2.50 bits per heavy atom. The van der Waals surface area contributed by atoms with E-state index in [4.69, 9.17) is 11.6 Å². The van der Waals surface area contributed by atoms with E-state index in [1.807, 2.05) is 0 Å². The average Bonchev–Trinajstić information content (AvgIpc) is 2.27. The number of rotatable bonds is 6. The summed E-state index contributed by atoms with van der Waals surface area (Å²) in [6, 6.07) is 6.41. The van der Waals surface area contributed by atoms with Gasteiger partial charge in [0.15, 0.2) is 0 Å². The second-order valence-corrected chi connectivity index (χ2v) is 4.66. The van der Waals surface area contributed by atoms with Gasteiger partial charge in [0.25, 0.3) is 0 Å². The third-order valence-electron chi connectivity index (χ3n) is 2.60. The Balaban J connectivity index is 2.45. The molecule has 0 bridgehead atoms. The van der Waals surface area contributed by atoms with Gasteiger partial charge >= 0.3 is 0 Å². The third-order valence-corrected chi connectivity index (χ3v) is 2.99. The van der Waals surface area contributed by atoms with Crippen LogP contribution in [-0.4, -0.2) is 25.0 Å². The van der Waals surface area contributed by atoms with Gasteiger partial charge in [0.2, 0.25) is 0 Å². The van der Waals surface area contributed by atoms with Crippen molar-refractivity contribution in [3.63, 3.8) is 0 Å². The number of hydrogen-bond donors (Lipinski definition) is 0. The zero-order chi connectivity index (χ0) is 12.0. The van der Waals surface area contributed by atoms with Gasteiger partial charge in [-0.3, -0.25) is 0 Å². The first-order valence-corrected chi connectivity index (χ1v) is 6.15. The highest BCUT2D eigenvalue weighted by atomic mass is 35.5. The maximum absolute atomic E-state index is 12.7. The number of benzene rings is 1. The van der Waals surface area contributed by atoms with Crippen LogP contribution in [-0.2, 0) is 0 Å². The van der Waals surface area contributed by atoms with Crippen molar-refractivity contribution in [1.29, 1.82) is 0 Å². The highest BCUT2D eigenvalue weighted by Crippen LogP contribution is 2.21. The topological polar surface area (TPSA) is 3.24 Å². The second-order valence-electron chi connectivity index (χ2n) is 4.13. The van der Waals surface area contributed by atoms with Crippen LogP contribution in [0, 0.1) is 5.82 Å². The summed E-state index contributed by atoms with van der Waals surface area (Å²) < 4.78 is 12.7. The number of likely N-dealkylation sites (N-methyl/N-ethyl adjacent to an activating group) is 1. The molecule has 0 saturated heterocycles. The first kappa shape index (κ1) is 13.5. The van der Waals surface area contributed by atoms with E-state index in [1.54, 1.807) is 12.1 Å². The Morgan fingerprint density at radius 1 is 1.31 bits per heavy atom. The van der Waals surface area contributed by atoms with Gasteiger partial charge in [0, 0.05) is 6.54 Å². The maximum Gasteiger partial charge on any atom is 0.123 e. The van der Waals surface area contributed by atoms with Crippen LogP contribution in [0.25, 0.3) is 0 Å². The fourth-order valence-corrected chi connectivity index (χ4v) is 1.95. The normalized spacial score (nSPS) is 13.1. The summed E-state index contributed by atoms with van der Waals surface area (Å²) in [6.45, 7) is 4.03. The molecular formula is C13H19ClFN. The minimum atomic E-state index is -0.216. The Labute approximate surface area is 102 Å². The fraction of sp³-hybridized carbons (Fsp3) is 0.538. The summed E-state index contributed by atoms with van der Waals surface area (Å²) in [5.41, 5.74) is 0.978. The number of nitrogens with zero attached hydrogens (tertiary/aromatic N) is 1. The van der Waals surface area contributed by atoms with Crippen LogP contribution in [0.3, 0.4) is 0 Å². The van der Waals surface area contributed by atoms with E-state index in [1.165, 1.54) is 25.0 Å². The summed E-state index contributed by atoms with van der Waals surface area (Å²) in [6.07, 6.45) is 2.37. The van der Waals surface area contributed by atoms with E-state index in [2.05, 4.69) is 18.9 Å². The highest BCUT2D eigenvalue weighted by molar-refractivity contribution is 6.21. The lowest BCUT2D eigenvalue weighted by molar-refractivity contribution is 0.328. The fourth-order valence-electron chi connectivity index (χ4n) is 1.57. The molecule has 16 heavy (non-hydrogen) atoms. The quantitative estimate of drug-likeness (QED) is 0.687. The molecule has 0 fully saturated rings. The molecule has 0 spiro atoms. The van der Waals surface area contributed by atoms with E-state index >= 15 is 0 Å². The van der Waals surface area contributed by atoms with Crippen molar-refractivity contribution in [3.05, 3.63) is 35.6 Å². The summed E-state index contributed by atoms with van der Waals surface area (Å²) in [7, 11) is 2.06. The first-order valence-electron chi connectivity index (χ1n) is 5.71. The van der Waals surface area contributed by atoms with Crippen molar-refractivity contribution < 1.29 is 4.39 Å². The van der Waals surface area contributed by atoms with E-state index < -0.39 is 0 Å². The Kier molecular flexibility index (Phi) is 5.78. The van der Waals surface area contributed by atoms with Crippen LogP contribution in [0.5, 0.6) is 0 Å². The van der Waals surface area contributed by atoms with Crippen molar-refractivity contribution >= 4 is 11.6 Å². The molecule has 0 radical (unpaired) electrons. The van der Waals surface area contributed by atoms with Crippen LogP contribution < -0.4 is 0 Å². The van der Waals surface area contributed by atoms with Gasteiger partial charge < -0.3 is 4.90 Å². The molecule has 1 nitrogen and oxygen atoms in total. The van der Waals surface area contributed by atoms with Crippen molar-refractivity contribution in [2.24, 2.45) is 0 Å². The largest absolute Gasteiger partial charge is 0.305 e. The molecule has 0 aliphatic rings. The molecule has 0 aromatic heterocycles. The molecule has 0 heterocycles. The van der Waals surface area contributed by atoms with E-state index in [-0.39, 0.29) is 11.2 Å². The van der Waals surface area contributed by atoms with Crippen LogP contribution in [0.15, 0.2) is 24.3 Å². The maximum atomic E-state index is 12.7. The molecule has 1 unspecified atom stereocenters. The Hall–Kier alpha value is -0.600. The summed E-state index contributed by atoms with van der Waals surface area (Å²) in [4.78, 5) is 2.21. The molecule has 0 aliphatic carbocycles. The van der Waals surface area contributed by atoms with Gasteiger partial charge in [-0.25, -0.2) is 4.39 Å². The third kappa shape index (κ3) is 4.50. The minimum absolute atomic E-state index is 0.0672. The molecule has 90 valence electrons. The molecule has 1 atom stereocenters. The number of alkyl halides is 1. The van der Waals surface area contributed by atoms with Gasteiger partial charge in [-0.1, -0.05) is 25.5 Å². The smallest absolute Gasteiger partial charge is 0.123 e. The van der Waals surface area contributed by atoms with Crippen LogP contribution in [0.4, 0.5) is 4.39 Å². The molecule has 0 N–H and O–H groups in total. The van der Waals surface area contributed by atoms with E-state index in [0.29, 0.717) is 0 Å². The summed E-state index contributed by atoms with van der Waals surface area (Å²) in [5.74, 6) is -0.216.